The van der Waals surface area contributed by atoms with Gasteiger partial charge in [0.2, 0.25) is 0 Å². The number of halogens is 3. The molecule has 1 N–H and O–H groups in total. The van der Waals surface area contributed by atoms with Gasteiger partial charge < -0.3 is 5.32 Å². The molecule has 0 spiro atoms. The summed E-state index contributed by atoms with van der Waals surface area (Å²) in [4.78, 5) is 0. The highest BCUT2D eigenvalue weighted by Crippen LogP contribution is 2.28. The molecule has 0 saturated heterocycles. The predicted molar refractivity (Wildman–Crippen MR) is 68.5 cm³/mol. The average Bonchev–Trinajstić information content (AvgIpc) is 2.34. The van der Waals surface area contributed by atoms with Gasteiger partial charge in [0, 0.05) is 4.47 Å². The number of anilines is 2. The number of nitrogens with one attached hydrogen (secondary N) is 1. The molecule has 2 aromatic carbocycles. The minimum absolute atomic E-state index is 0.186. The van der Waals surface area contributed by atoms with Gasteiger partial charge in [-0.3, -0.25) is 0 Å². The maximum Gasteiger partial charge on any atom is 0.124 e. The van der Waals surface area contributed by atoms with E-state index in [4.69, 9.17) is 5.26 Å². The summed E-state index contributed by atoms with van der Waals surface area (Å²) in [6.07, 6.45) is 0. The zero-order chi connectivity index (χ0) is 13.1. The highest BCUT2D eigenvalue weighted by molar-refractivity contribution is 9.10. The molecule has 0 aromatic heterocycles. The monoisotopic (exact) mass is 308 g/mol. The van der Waals surface area contributed by atoms with Crippen LogP contribution in [0.2, 0.25) is 0 Å². The van der Waals surface area contributed by atoms with Crippen LogP contribution in [0.3, 0.4) is 0 Å². The molecular formula is C13H7BrF2N2. The Morgan fingerprint density at radius 1 is 1.00 bits per heavy atom. The van der Waals surface area contributed by atoms with Crippen molar-refractivity contribution in [1.82, 2.24) is 0 Å². The van der Waals surface area contributed by atoms with Crippen molar-refractivity contribution < 1.29 is 8.78 Å². The third-order valence-electron chi connectivity index (χ3n) is 2.30. The molecule has 2 rings (SSSR count). The number of hydrogen-bond acceptors (Lipinski definition) is 2. The molecule has 0 heterocycles. The minimum Gasteiger partial charge on any atom is -0.354 e. The zero-order valence-corrected chi connectivity index (χ0v) is 10.6. The van der Waals surface area contributed by atoms with Gasteiger partial charge in [0.1, 0.15) is 17.7 Å². The van der Waals surface area contributed by atoms with Crippen LogP contribution in [0, 0.1) is 23.0 Å². The summed E-state index contributed by atoms with van der Waals surface area (Å²) in [5.41, 5.74) is 1.25. The standard InChI is InChI=1S/C13H7BrF2N2/c14-11-6-10(16)2-4-13(11)18-12-3-1-9(15)5-8(12)7-17/h1-6,18H. The van der Waals surface area contributed by atoms with Gasteiger partial charge in [0.15, 0.2) is 0 Å². The van der Waals surface area contributed by atoms with E-state index < -0.39 is 5.82 Å². The van der Waals surface area contributed by atoms with E-state index in [9.17, 15) is 8.78 Å². The number of benzene rings is 2. The van der Waals surface area contributed by atoms with E-state index in [2.05, 4.69) is 21.2 Å². The minimum atomic E-state index is -0.477. The fourth-order valence-corrected chi connectivity index (χ4v) is 1.90. The zero-order valence-electron chi connectivity index (χ0n) is 9.05. The first kappa shape index (κ1) is 12.5. The van der Waals surface area contributed by atoms with E-state index in [0.29, 0.717) is 15.8 Å². The Bertz CT molecular complexity index is 635. The maximum atomic E-state index is 13.0. The number of nitriles is 1. The molecule has 0 unspecified atom stereocenters. The average molecular weight is 309 g/mol. The first-order chi connectivity index (χ1) is 8.60. The largest absolute Gasteiger partial charge is 0.354 e. The van der Waals surface area contributed by atoms with E-state index >= 15 is 0 Å². The van der Waals surface area contributed by atoms with Crippen LogP contribution < -0.4 is 5.32 Å². The van der Waals surface area contributed by atoms with E-state index in [1.165, 1.54) is 30.3 Å². The lowest BCUT2D eigenvalue weighted by atomic mass is 10.2. The summed E-state index contributed by atoms with van der Waals surface area (Å²) >= 11 is 3.21. The Hall–Kier alpha value is -1.93. The van der Waals surface area contributed by atoms with Crippen LogP contribution in [0.5, 0.6) is 0 Å². The van der Waals surface area contributed by atoms with Crippen molar-refractivity contribution in [2.45, 2.75) is 0 Å². The number of hydrogen-bond donors (Lipinski definition) is 1. The van der Waals surface area contributed by atoms with Gasteiger partial charge in [-0.25, -0.2) is 8.78 Å². The van der Waals surface area contributed by atoms with Gasteiger partial charge in [-0.15, -0.1) is 0 Å². The van der Waals surface area contributed by atoms with Crippen molar-refractivity contribution in [1.29, 1.82) is 5.26 Å². The van der Waals surface area contributed by atoms with Gasteiger partial charge in [-0.1, -0.05) is 0 Å². The van der Waals surface area contributed by atoms with E-state index in [-0.39, 0.29) is 11.4 Å². The van der Waals surface area contributed by atoms with Crippen LogP contribution in [-0.4, -0.2) is 0 Å². The molecular weight excluding hydrogens is 302 g/mol. The lowest BCUT2D eigenvalue weighted by Gasteiger charge is -2.10. The second-order valence-electron chi connectivity index (χ2n) is 3.55. The van der Waals surface area contributed by atoms with Crippen molar-refractivity contribution in [3.63, 3.8) is 0 Å². The molecule has 90 valence electrons. The SMILES string of the molecule is N#Cc1cc(F)ccc1Nc1ccc(F)cc1Br. The Balaban J connectivity index is 2.37. The molecule has 0 saturated carbocycles. The molecule has 5 heteroatoms. The maximum absolute atomic E-state index is 13.0. The lowest BCUT2D eigenvalue weighted by Crippen LogP contribution is -1.95. The Morgan fingerprint density at radius 2 is 1.61 bits per heavy atom. The summed E-state index contributed by atoms with van der Waals surface area (Å²) in [5.74, 6) is -0.845. The third-order valence-corrected chi connectivity index (χ3v) is 2.96. The van der Waals surface area contributed by atoms with Crippen molar-refractivity contribution in [2.24, 2.45) is 0 Å². The normalized spacial score (nSPS) is 9.89. The van der Waals surface area contributed by atoms with Crippen molar-refractivity contribution in [2.75, 3.05) is 5.32 Å². The quantitative estimate of drug-likeness (QED) is 0.895. The third kappa shape index (κ3) is 2.66. The second kappa shape index (κ2) is 5.15. The van der Waals surface area contributed by atoms with E-state index in [0.717, 1.165) is 6.07 Å². The molecule has 0 bridgehead atoms. The Morgan fingerprint density at radius 3 is 2.22 bits per heavy atom. The molecule has 0 amide bonds. The predicted octanol–water partition coefficient (Wildman–Crippen LogP) is 4.34. The molecule has 18 heavy (non-hydrogen) atoms. The van der Waals surface area contributed by atoms with Gasteiger partial charge >= 0.3 is 0 Å². The summed E-state index contributed by atoms with van der Waals surface area (Å²) in [7, 11) is 0. The van der Waals surface area contributed by atoms with Crippen LogP contribution in [0.4, 0.5) is 20.2 Å². The molecule has 0 aliphatic heterocycles. The topological polar surface area (TPSA) is 35.8 Å². The van der Waals surface area contributed by atoms with Crippen LogP contribution >= 0.6 is 15.9 Å². The molecule has 2 aromatic rings. The fourth-order valence-electron chi connectivity index (χ4n) is 1.45. The van der Waals surface area contributed by atoms with Gasteiger partial charge in [-0.2, -0.15) is 5.26 Å². The Kier molecular flexibility index (Phi) is 3.58. The summed E-state index contributed by atoms with van der Waals surface area (Å²) in [6.45, 7) is 0. The first-order valence-corrected chi connectivity index (χ1v) is 5.81. The number of rotatable bonds is 2. The summed E-state index contributed by atoms with van der Waals surface area (Å²) < 4.78 is 26.4. The molecule has 0 radical (unpaired) electrons. The van der Waals surface area contributed by atoms with Crippen molar-refractivity contribution in [3.05, 3.63) is 58.1 Å². The highest BCUT2D eigenvalue weighted by atomic mass is 79.9. The molecule has 0 aliphatic rings. The molecule has 0 atom stereocenters. The van der Waals surface area contributed by atoms with Crippen molar-refractivity contribution in [3.8, 4) is 6.07 Å². The van der Waals surface area contributed by atoms with Crippen molar-refractivity contribution >= 4 is 27.3 Å². The van der Waals surface area contributed by atoms with Gasteiger partial charge in [0.05, 0.1) is 16.9 Å². The second-order valence-corrected chi connectivity index (χ2v) is 4.41. The Labute approximate surface area is 111 Å². The van der Waals surface area contributed by atoms with Crippen LogP contribution in [0.1, 0.15) is 5.56 Å². The summed E-state index contributed by atoms with van der Waals surface area (Å²) in [5, 5.41) is 11.8. The lowest BCUT2D eigenvalue weighted by molar-refractivity contribution is 0.627. The van der Waals surface area contributed by atoms with Gasteiger partial charge in [-0.05, 0) is 52.3 Å². The smallest absolute Gasteiger partial charge is 0.124 e. The molecule has 0 aliphatic carbocycles. The van der Waals surface area contributed by atoms with Crippen LogP contribution in [-0.2, 0) is 0 Å². The van der Waals surface area contributed by atoms with Crippen LogP contribution in [0.15, 0.2) is 40.9 Å². The van der Waals surface area contributed by atoms with E-state index in [1.54, 1.807) is 0 Å². The van der Waals surface area contributed by atoms with Gasteiger partial charge in [0.25, 0.3) is 0 Å². The molecule has 2 nitrogen and oxygen atoms in total. The highest BCUT2D eigenvalue weighted by Gasteiger charge is 2.06. The number of nitrogens with zero attached hydrogens (tertiary/aromatic N) is 1. The molecule has 0 fully saturated rings. The summed E-state index contributed by atoms with van der Waals surface area (Å²) in [6, 6.07) is 9.88. The first-order valence-electron chi connectivity index (χ1n) is 5.02. The fraction of sp³-hybridized carbons (Fsp3) is 0. The van der Waals surface area contributed by atoms with Crippen LogP contribution in [0.25, 0.3) is 0 Å². The van der Waals surface area contributed by atoms with E-state index in [1.807, 2.05) is 6.07 Å².